The van der Waals surface area contributed by atoms with Crippen LogP contribution in [0.3, 0.4) is 0 Å². The van der Waals surface area contributed by atoms with E-state index >= 15 is 0 Å². The average Bonchev–Trinajstić information content (AvgIpc) is 2.61. The highest BCUT2D eigenvalue weighted by atomic mass is 35.5. The normalized spacial score (nSPS) is 13.8. The molecule has 0 aliphatic heterocycles. The second-order valence-corrected chi connectivity index (χ2v) is 6.47. The van der Waals surface area contributed by atoms with Gasteiger partial charge in [0.05, 0.1) is 6.10 Å². The lowest BCUT2D eigenvalue weighted by atomic mass is 9.97. The molecule has 2 unspecified atom stereocenters. The second kappa shape index (κ2) is 9.07. The zero-order chi connectivity index (χ0) is 17.5. The van der Waals surface area contributed by atoms with Crippen molar-refractivity contribution in [1.82, 2.24) is 4.90 Å². The Hall–Kier alpha value is -1.55. The van der Waals surface area contributed by atoms with Gasteiger partial charge in [-0.25, -0.2) is 0 Å². The summed E-state index contributed by atoms with van der Waals surface area (Å²) in [5.41, 5.74) is 0.915. The third kappa shape index (κ3) is 5.23. The summed E-state index contributed by atoms with van der Waals surface area (Å²) in [4.78, 5) is 2.33. The first-order chi connectivity index (χ1) is 11.5. The zero-order valence-electron chi connectivity index (χ0n) is 14.6. The summed E-state index contributed by atoms with van der Waals surface area (Å²) in [5.74, 6) is 1.65. The summed E-state index contributed by atoms with van der Waals surface area (Å²) in [6.45, 7) is 9.26. The van der Waals surface area contributed by atoms with Gasteiger partial charge in [0.15, 0.2) is 0 Å². The minimum atomic E-state index is -0.477. The standard InChI is InChI=1S/C20H26ClNO2/c1-4-22(5-2)14-15(3)20(23)16-6-10-18(11-7-16)24-19-12-8-17(21)9-13-19/h6-13,15,20,23H,4-5,14H2,1-3H3. The molecule has 0 fully saturated rings. The van der Waals surface area contributed by atoms with Crippen LogP contribution in [-0.2, 0) is 0 Å². The first-order valence-electron chi connectivity index (χ1n) is 8.47. The molecule has 0 heterocycles. The van der Waals surface area contributed by atoms with Gasteiger partial charge in [-0.1, -0.05) is 44.5 Å². The van der Waals surface area contributed by atoms with Crippen molar-refractivity contribution in [2.24, 2.45) is 5.92 Å². The molecule has 130 valence electrons. The molecule has 2 rings (SSSR count). The number of rotatable bonds is 8. The molecule has 2 atom stereocenters. The van der Waals surface area contributed by atoms with Gasteiger partial charge < -0.3 is 14.7 Å². The fourth-order valence-electron chi connectivity index (χ4n) is 2.69. The fraction of sp³-hybridized carbons (Fsp3) is 0.400. The van der Waals surface area contributed by atoms with Gasteiger partial charge in [0, 0.05) is 11.6 Å². The van der Waals surface area contributed by atoms with E-state index < -0.39 is 6.10 Å². The van der Waals surface area contributed by atoms with Crippen molar-refractivity contribution >= 4 is 11.6 Å². The minimum absolute atomic E-state index is 0.174. The molecule has 4 heteroatoms. The van der Waals surface area contributed by atoms with Gasteiger partial charge in [-0.3, -0.25) is 0 Å². The van der Waals surface area contributed by atoms with E-state index in [2.05, 4.69) is 25.7 Å². The molecule has 0 radical (unpaired) electrons. The third-order valence-corrected chi connectivity index (χ3v) is 4.50. The summed E-state index contributed by atoms with van der Waals surface area (Å²) < 4.78 is 5.78. The van der Waals surface area contributed by atoms with Gasteiger partial charge in [0.2, 0.25) is 0 Å². The van der Waals surface area contributed by atoms with E-state index in [0.717, 1.165) is 36.7 Å². The lowest BCUT2D eigenvalue weighted by Crippen LogP contribution is -2.30. The molecule has 0 amide bonds. The Morgan fingerprint density at radius 2 is 1.46 bits per heavy atom. The highest BCUT2D eigenvalue weighted by Gasteiger charge is 2.18. The van der Waals surface area contributed by atoms with Crippen molar-refractivity contribution < 1.29 is 9.84 Å². The monoisotopic (exact) mass is 347 g/mol. The molecular formula is C20H26ClNO2. The van der Waals surface area contributed by atoms with Gasteiger partial charge in [-0.15, -0.1) is 0 Å². The van der Waals surface area contributed by atoms with Gasteiger partial charge in [0.25, 0.3) is 0 Å². The van der Waals surface area contributed by atoms with Crippen LogP contribution in [-0.4, -0.2) is 29.6 Å². The van der Waals surface area contributed by atoms with Crippen molar-refractivity contribution in [3.63, 3.8) is 0 Å². The predicted octanol–water partition coefficient (Wildman–Crippen LogP) is 5.14. The molecule has 2 aromatic rings. The minimum Gasteiger partial charge on any atom is -0.457 e. The molecule has 0 aromatic heterocycles. The Morgan fingerprint density at radius 1 is 0.958 bits per heavy atom. The molecule has 2 aromatic carbocycles. The Morgan fingerprint density at radius 3 is 1.96 bits per heavy atom. The fourth-order valence-corrected chi connectivity index (χ4v) is 2.82. The van der Waals surface area contributed by atoms with Crippen LogP contribution in [0.5, 0.6) is 11.5 Å². The van der Waals surface area contributed by atoms with Crippen LogP contribution < -0.4 is 4.74 Å². The smallest absolute Gasteiger partial charge is 0.127 e. The van der Waals surface area contributed by atoms with Crippen LogP contribution in [0, 0.1) is 5.92 Å². The topological polar surface area (TPSA) is 32.7 Å². The van der Waals surface area contributed by atoms with E-state index in [4.69, 9.17) is 16.3 Å². The highest BCUT2D eigenvalue weighted by Crippen LogP contribution is 2.27. The SMILES string of the molecule is CCN(CC)CC(C)C(O)c1ccc(Oc2ccc(Cl)cc2)cc1. The number of aliphatic hydroxyl groups excluding tert-OH is 1. The lowest BCUT2D eigenvalue weighted by Gasteiger charge is -2.26. The van der Waals surface area contributed by atoms with Crippen LogP contribution in [0.15, 0.2) is 48.5 Å². The Kier molecular flexibility index (Phi) is 7.10. The van der Waals surface area contributed by atoms with Gasteiger partial charge in [0.1, 0.15) is 11.5 Å². The van der Waals surface area contributed by atoms with E-state index in [1.807, 2.05) is 36.4 Å². The van der Waals surface area contributed by atoms with E-state index in [1.165, 1.54) is 0 Å². The molecule has 0 spiro atoms. The Labute approximate surface area is 149 Å². The van der Waals surface area contributed by atoms with Crippen LogP contribution in [0.4, 0.5) is 0 Å². The number of halogens is 1. The van der Waals surface area contributed by atoms with Crippen molar-refractivity contribution in [3.8, 4) is 11.5 Å². The summed E-state index contributed by atoms with van der Waals surface area (Å²) in [6, 6.07) is 14.9. The number of hydrogen-bond donors (Lipinski definition) is 1. The maximum absolute atomic E-state index is 10.6. The zero-order valence-corrected chi connectivity index (χ0v) is 15.3. The molecule has 3 nitrogen and oxygen atoms in total. The molecule has 24 heavy (non-hydrogen) atoms. The quantitative estimate of drug-likeness (QED) is 0.717. The van der Waals surface area contributed by atoms with Crippen LogP contribution in [0.2, 0.25) is 5.02 Å². The van der Waals surface area contributed by atoms with Crippen molar-refractivity contribution in [2.45, 2.75) is 26.9 Å². The van der Waals surface area contributed by atoms with Gasteiger partial charge in [-0.2, -0.15) is 0 Å². The molecular weight excluding hydrogens is 322 g/mol. The second-order valence-electron chi connectivity index (χ2n) is 6.03. The molecule has 0 aliphatic rings. The number of hydrogen-bond acceptors (Lipinski definition) is 3. The number of ether oxygens (including phenoxy) is 1. The first kappa shape index (κ1) is 18.8. The number of aliphatic hydroxyl groups is 1. The molecule has 1 N–H and O–H groups in total. The largest absolute Gasteiger partial charge is 0.457 e. The summed E-state index contributed by atoms with van der Waals surface area (Å²) in [5, 5.41) is 11.2. The average molecular weight is 348 g/mol. The van der Waals surface area contributed by atoms with E-state index in [-0.39, 0.29) is 5.92 Å². The van der Waals surface area contributed by atoms with Crippen LogP contribution in [0.1, 0.15) is 32.4 Å². The Bertz CT molecular complexity index is 609. The van der Waals surface area contributed by atoms with Crippen LogP contribution >= 0.6 is 11.6 Å². The van der Waals surface area contributed by atoms with E-state index in [0.29, 0.717) is 5.02 Å². The van der Waals surface area contributed by atoms with Gasteiger partial charge >= 0.3 is 0 Å². The lowest BCUT2D eigenvalue weighted by molar-refractivity contribution is 0.0910. The van der Waals surface area contributed by atoms with Crippen molar-refractivity contribution in [3.05, 3.63) is 59.1 Å². The maximum Gasteiger partial charge on any atom is 0.127 e. The predicted molar refractivity (Wildman–Crippen MR) is 99.9 cm³/mol. The van der Waals surface area contributed by atoms with Crippen molar-refractivity contribution in [1.29, 1.82) is 0 Å². The molecule has 0 aliphatic carbocycles. The third-order valence-electron chi connectivity index (χ3n) is 4.25. The molecule has 0 bridgehead atoms. The van der Waals surface area contributed by atoms with Crippen molar-refractivity contribution in [2.75, 3.05) is 19.6 Å². The van der Waals surface area contributed by atoms with E-state index in [9.17, 15) is 5.11 Å². The summed E-state index contributed by atoms with van der Waals surface area (Å²) in [6.07, 6.45) is -0.477. The highest BCUT2D eigenvalue weighted by molar-refractivity contribution is 6.30. The van der Waals surface area contributed by atoms with Gasteiger partial charge in [-0.05, 0) is 61.0 Å². The molecule has 0 saturated carbocycles. The van der Waals surface area contributed by atoms with Crippen LogP contribution in [0.25, 0.3) is 0 Å². The first-order valence-corrected chi connectivity index (χ1v) is 8.85. The summed E-state index contributed by atoms with van der Waals surface area (Å²) in [7, 11) is 0. The van der Waals surface area contributed by atoms with E-state index in [1.54, 1.807) is 12.1 Å². The molecule has 0 saturated heterocycles. The summed E-state index contributed by atoms with van der Waals surface area (Å²) >= 11 is 5.87. The Balaban J connectivity index is 1.98. The number of nitrogens with zero attached hydrogens (tertiary/aromatic N) is 1. The number of benzene rings is 2. The maximum atomic E-state index is 10.6.